The van der Waals surface area contributed by atoms with Crippen molar-refractivity contribution in [2.24, 2.45) is 10.9 Å². The average Bonchev–Trinajstić information content (AvgIpc) is 3.62. The molecular formula is C29H27ClN4O2. The molecule has 0 radical (unpaired) electrons. The highest BCUT2D eigenvalue weighted by atomic mass is 35.5. The predicted molar refractivity (Wildman–Crippen MR) is 142 cm³/mol. The summed E-state index contributed by atoms with van der Waals surface area (Å²) in [4.78, 5) is 39.2. The Kier molecular flexibility index (Phi) is 6.05. The van der Waals surface area contributed by atoms with Gasteiger partial charge in [-0.1, -0.05) is 60.8 Å². The van der Waals surface area contributed by atoms with Gasteiger partial charge in [0.15, 0.2) is 0 Å². The molecule has 2 aliphatic heterocycles. The van der Waals surface area contributed by atoms with Gasteiger partial charge >= 0.3 is 0 Å². The lowest BCUT2D eigenvalue weighted by Crippen LogP contribution is -2.51. The number of aliphatic imine (C=N–C) groups is 1. The number of benzene rings is 2. The number of piperazine rings is 1. The maximum absolute atomic E-state index is 13.3. The van der Waals surface area contributed by atoms with E-state index in [1.165, 1.54) is 12.8 Å². The van der Waals surface area contributed by atoms with Gasteiger partial charge < -0.3 is 9.80 Å². The molecule has 6 nitrogen and oxygen atoms in total. The summed E-state index contributed by atoms with van der Waals surface area (Å²) in [6.07, 6.45) is 7.36. The monoisotopic (exact) mass is 498 g/mol. The van der Waals surface area contributed by atoms with E-state index in [4.69, 9.17) is 16.6 Å². The van der Waals surface area contributed by atoms with Crippen molar-refractivity contribution in [3.8, 4) is 11.3 Å². The quantitative estimate of drug-likeness (QED) is 0.496. The van der Waals surface area contributed by atoms with E-state index in [1.807, 2.05) is 59.5 Å². The molecule has 182 valence electrons. The maximum atomic E-state index is 13.3. The topological polar surface area (TPSA) is 65.9 Å². The zero-order chi connectivity index (χ0) is 24.6. The van der Waals surface area contributed by atoms with Crippen LogP contribution in [0.4, 0.5) is 0 Å². The van der Waals surface area contributed by atoms with E-state index in [2.05, 4.69) is 4.99 Å². The Labute approximate surface area is 215 Å². The van der Waals surface area contributed by atoms with Gasteiger partial charge in [0.1, 0.15) is 0 Å². The van der Waals surface area contributed by atoms with Crippen molar-refractivity contribution in [1.29, 1.82) is 0 Å². The number of fused-ring (bicyclic) bond motifs is 1. The van der Waals surface area contributed by atoms with E-state index in [9.17, 15) is 9.59 Å². The summed E-state index contributed by atoms with van der Waals surface area (Å²) in [6, 6.07) is 17.3. The predicted octanol–water partition coefficient (Wildman–Crippen LogP) is 5.02. The van der Waals surface area contributed by atoms with Crippen LogP contribution < -0.4 is 0 Å². The van der Waals surface area contributed by atoms with Gasteiger partial charge in [0.25, 0.3) is 11.8 Å². The van der Waals surface area contributed by atoms with Gasteiger partial charge in [-0.05, 0) is 36.6 Å². The molecule has 0 N–H and O–H groups in total. The van der Waals surface area contributed by atoms with Crippen molar-refractivity contribution in [2.75, 3.05) is 26.2 Å². The number of carbonyl (C=O) groups is 2. The number of hydrogen-bond donors (Lipinski definition) is 0. The molecular weight excluding hydrogens is 472 g/mol. The molecule has 0 bridgehead atoms. The summed E-state index contributed by atoms with van der Waals surface area (Å²) in [5, 5.41) is 1.42. The molecule has 3 aromatic rings. The van der Waals surface area contributed by atoms with Gasteiger partial charge in [-0.15, -0.1) is 0 Å². The van der Waals surface area contributed by atoms with Crippen LogP contribution in [-0.2, 0) is 4.79 Å². The highest BCUT2D eigenvalue weighted by molar-refractivity contribution is 6.35. The molecule has 6 rings (SSSR count). The number of halogens is 1. The SMILES string of the molecule is O=C(C1=CC(CC2CC2)N=C1)N1CCN(C(=O)c2ccc3c(Cl)cc(-c4ccccc4)nc3c2)CC1. The van der Waals surface area contributed by atoms with Crippen molar-refractivity contribution in [3.63, 3.8) is 0 Å². The largest absolute Gasteiger partial charge is 0.335 e. The summed E-state index contributed by atoms with van der Waals surface area (Å²) in [5.74, 6) is 0.735. The smallest absolute Gasteiger partial charge is 0.255 e. The summed E-state index contributed by atoms with van der Waals surface area (Å²) < 4.78 is 0. The fraction of sp³-hybridized carbons (Fsp3) is 0.310. The summed E-state index contributed by atoms with van der Waals surface area (Å²) in [6.45, 7) is 2.02. The van der Waals surface area contributed by atoms with Crippen molar-refractivity contribution in [2.45, 2.75) is 25.3 Å². The molecule has 0 spiro atoms. The van der Waals surface area contributed by atoms with E-state index in [0.717, 1.165) is 29.0 Å². The molecule has 36 heavy (non-hydrogen) atoms. The van der Waals surface area contributed by atoms with Crippen molar-refractivity contribution < 1.29 is 9.59 Å². The van der Waals surface area contributed by atoms with Crippen molar-refractivity contribution >= 4 is 40.5 Å². The Hall–Kier alpha value is -3.51. The Balaban J connectivity index is 1.13. The first kappa shape index (κ1) is 22.9. The fourth-order valence-electron chi connectivity index (χ4n) is 4.97. The third-order valence-corrected chi connectivity index (χ3v) is 7.54. The van der Waals surface area contributed by atoms with E-state index in [0.29, 0.717) is 47.9 Å². The van der Waals surface area contributed by atoms with Crippen LogP contribution in [0.25, 0.3) is 22.2 Å². The number of aromatic nitrogens is 1. The van der Waals surface area contributed by atoms with Gasteiger partial charge in [-0.25, -0.2) is 4.98 Å². The molecule has 1 saturated heterocycles. The molecule has 2 fully saturated rings. The Morgan fingerprint density at radius 3 is 2.36 bits per heavy atom. The molecule has 1 atom stereocenters. The van der Waals surface area contributed by atoms with Crippen LogP contribution in [0.3, 0.4) is 0 Å². The second-order valence-corrected chi connectivity index (χ2v) is 10.2. The molecule has 1 aliphatic carbocycles. The standard InChI is InChI=1S/C29H27ClN4O2/c30-25-17-26(20-4-2-1-3-5-20)32-27-16-21(8-9-24(25)27)28(35)33-10-12-34(13-11-33)29(36)22-15-23(31-18-22)14-19-6-7-19/h1-5,8-9,15-19,23H,6-7,10-14H2. The second kappa shape index (κ2) is 9.51. The van der Waals surface area contributed by atoms with Gasteiger partial charge in [-0.3, -0.25) is 14.6 Å². The first-order valence-corrected chi connectivity index (χ1v) is 12.9. The molecule has 3 heterocycles. The molecule has 3 aliphatic rings. The molecule has 1 saturated carbocycles. The van der Waals surface area contributed by atoms with Crippen LogP contribution in [0.2, 0.25) is 5.02 Å². The average molecular weight is 499 g/mol. The minimum absolute atomic E-state index is 0.0159. The van der Waals surface area contributed by atoms with E-state index < -0.39 is 0 Å². The number of pyridine rings is 1. The van der Waals surface area contributed by atoms with E-state index >= 15 is 0 Å². The van der Waals surface area contributed by atoms with E-state index in [-0.39, 0.29) is 17.9 Å². The Morgan fingerprint density at radius 1 is 0.917 bits per heavy atom. The fourth-order valence-corrected chi connectivity index (χ4v) is 5.24. The van der Waals surface area contributed by atoms with Crippen molar-refractivity contribution in [3.05, 3.63) is 76.8 Å². The normalized spacial score (nSPS) is 19.6. The summed E-state index contributed by atoms with van der Waals surface area (Å²) >= 11 is 6.54. The minimum atomic E-state index is -0.0572. The zero-order valence-electron chi connectivity index (χ0n) is 19.9. The van der Waals surface area contributed by atoms with Crippen LogP contribution in [0.15, 0.2) is 71.2 Å². The van der Waals surface area contributed by atoms with Crippen LogP contribution in [0.5, 0.6) is 0 Å². The van der Waals surface area contributed by atoms with Crippen LogP contribution in [-0.4, -0.2) is 65.0 Å². The molecule has 1 unspecified atom stereocenters. The Morgan fingerprint density at radius 2 is 1.64 bits per heavy atom. The second-order valence-electron chi connectivity index (χ2n) is 9.82. The van der Waals surface area contributed by atoms with Crippen molar-refractivity contribution in [1.82, 2.24) is 14.8 Å². The van der Waals surface area contributed by atoms with Gasteiger partial charge in [0.05, 0.1) is 27.8 Å². The number of nitrogens with zero attached hydrogens (tertiary/aromatic N) is 4. The minimum Gasteiger partial charge on any atom is -0.335 e. The first-order chi connectivity index (χ1) is 17.5. The van der Waals surface area contributed by atoms with Crippen LogP contribution in [0, 0.1) is 5.92 Å². The lowest BCUT2D eigenvalue weighted by Gasteiger charge is -2.34. The number of amides is 2. The van der Waals surface area contributed by atoms with Crippen LogP contribution in [0.1, 0.15) is 29.6 Å². The molecule has 2 amide bonds. The molecule has 2 aromatic carbocycles. The summed E-state index contributed by atoms with van der Waals surface area (Å²) in [7, 11) is 0. The highest BCUT2D eigenvalue weighted by Crippen LogP contribution is 2.35. The maximum Gasteiger partial charge on any atom is 0.255 e. The highest BCUT2D eigenvalue weighted by Gasteiger charge is 2.30. The number of hydrogen-bond acceptors (Lipinski definition) is 4. The van der Waals surface area contributed by atoms with Gasteiger partial charge in [-0.2, -0.15) is 0 Å². The summed E-state index contributed by atoms with van der Waals surface area (Å²) in [5.41, 5.74) is 3.69. The zero-order valence-corrected chi connectivity index (χ0v) is 20.7. The molecule has 7 heteroatoms. The Bertz CT molecular complexity index is 1390. The number of rotatable bonds is 5. The third kappa shape index (κ3) is 4.65. The van der Waals surface area contributed by atoms with Gasteiger partial charge in [0, 0.05) is 48.9 Å². The first-order valence-electron chi connectivity index (χ1n) is 12.5. The van der Waals surface area contributed by atoms with Gasteiger partial charge in [0.2, 0.25) is 0 Å². The lowest BCUT2D eigenvalue weighted by atomic mass is 10.1. The third-order valence-electron chi connectivity index (χ3n) is 7.23. The molecule has 1 aromatic heterocycles. The number of carbonyl (C=O) groups excluding carboxylic acids is 2. The van der Waals surface area contributed by atoms with Crippen LogP contribution >= 0.6 is 11.6 Å². The lowest BCUT2D eigenvalue weighted by molar-refractivity contribution is -0.128. The van der Waals surface area contributed by atoms with E-state index in [1.54, 1.807) is 17.2 Å².